The van der Waals surface area contributed by atoms with Crippen molar-refractivity contribution in [1.82, 2.24) is 9.88 Å². The van der Waals surface area contributed by atoms with E-state index in [0.29, 0.717) is 5.56 Å². The van der Waals surface area contributed by atoms with Crippen molar-refractivity contribution in [2.45, 2.75) is 13.0 Å². The van der Waals surface area contributed by atoms with E-state index in [1.165, 1.54) is 0 Å². The second-order valence-electron chi connectivity index (χ2n) is 4.36. The van der Waals surface area contributed by atoms with Gasteiger partial charge in [-0.2, -0.15) is 0 Å². The Hall–Kier alpha value is -1.71. The quantitative estimate of drug-likeness (QED) is 0.912. The summed E-state index contributed by atoms with van der Waals surface area (Å²) in [5, 5.41) is 2.79. The number of nitrogens with zero attached hydrogens (tertiary/aromatic N) is 1. The summed E-state index contributed by atoms with van der Waals surface area (Å²) in [5.74, 6) is -0.169. The second kappa shape index (κ2) is 6.64. The lowest BCUT2D eigenvalue weighted by Crippen LogP contribution is -2.30. The summed E-state index contributed by atoms with van der Waals surface area (Å²) in [4.78, 5) is 12.0. The van der Waals surface area contributed by atoms with Crippen LogP contribution in [0.25, 0.3) is 5.69 Å². The minimum Gasteiger partial charge on any atom is -0.346 e. The predicted molar refractivity (Wildman–Crippen MR) is 82.5 cm³/mol. The number of hydrogen-bond acceptors (Lipinski definition) is 1. The van der Waals surface area contributed by atoms with Crippen molar-refractivity contribution in [3.05, 3.63) is 64.9 Å². The minimum atomic E-state index is -0.229. The van der Waals surface area contributed by atoms with Crippen LogP contribution >= 0.6 is 23.2 Å². The molecule has 2 rings (SSSR count). The van der Waals surface area contributed by atoms with Gasteiger partial charge in [0, 0.05) is 24.1 Å². The molecule has 0 aliphatic heterocycles. The summed E-state index contributed by atoms with van der Waals surface area (Å²) in [7, 11) is 0. The van der Waals surface area contributed by atoms with Crippen molar-refractivity contribution < 1.29 is 4.79 Å². The zero-order chi connectivity index (χ0) is 14.5. The van der Waals surface area contributed by atoms with Gasteiger partial charge in [-0.05, 0) is 31.2 Å². The molecule has 1 N–H and O–H groups in total. The molecule has 1 aromatic heterocycles. The third kappa shape index (κ3) is 3.89. The number of amides is 1. The van der Waals surface area contributed by atoms with Crippen LogP contribution in [0.4, 0.5) is 0 Å². The molecule has 0 spiro atoms. The van der Waals surface area contributed by atoms with E-state index >= 15 is 0 Å². The molecular weight excluding hydrogens is 295 g/mol. The van der Waals surface area contributed by atoms with E-state index in [1.807, 2.05) is 41.1 Å². The molecule has 1 amide bonds. The summed E-state index contributed by atoms with van der Waals surface area (Å²) in [5.41, 5.74) is 1.59. The van der Waals surface area contributed by atoms with E-state index in [9.17, 15) is 4.79 Å². The summed E-state index contributed by atoms with van der Waals surface area (Å²) in [6.07, 6.45) is 5.19. The minimum absolute atomic E-state index is 0.139. The van der Waals surface area contributed by atoms with Crippen LogP contribution in [-0.2, 0) is 0 Å². The average molecular weight is 309 g/mol. The molecule has 3 nitrogen and oxygen atoms in total. The molecule has 0 saturated carbocycles. The van der Waals surface area contributed by atoms with Gasteiger partial charge in [-0.3, -0.25) is 4.79 Å². The molecule has 0 aliphatic carbocycles. The lowest BCUT2D eigenvalue weighted by Gasteiger charge is -2.08. The van der Waals surface area contributed by atoms with Crippen LogP contribution < -0.4 is 5.32 Å². The van der Waals surface area contributed by atoms with Gasteiger partial charge < -0.3 is 9.88 Å². The molecular formula is C15H14Cl2N2O. The van der Waals surface area contributed by atoms with Gasteiger partial charge >= 0.3 is 0 Å². The maximum atomic E-state index is 12.0. The Labute approximate surface area is 127 Å². The van der Waals surface area contributed by atoms with E-state index in [-0.39, 0.29) is 16.4 Å². The highest BCUT2D eigenvalue weighted by Crippen LogP contribution is 2.11. The summed E-state index contributed by atoms with van der Waals surface area (Å²) in [6, 6.07) is 11.3. The number of carbonyl (C=O) groups excluding carboxylic acids is 1. The Bertz CT molecular complexity index is 616. The van der Waals surface area contributed by atoms with E-state index in [4.69, 9.17) is 23.2 Å². The highest BCUT2D eigenvalue weighted by Gasteiger charge is 2.10. The smallest absolute Gasteiger partial charge is 0.253 e. The molecule has 0 radical (unpaired) electrons. The lowest BCUT2D eigenvalue weighted by atomic mass is 10.2. The molecule has 1 unspecified atom stereocenters. The summed E-state index contributed by atoms with van der Waals surface area (Å²) >= 11 is 11.1. The van der Waals surface area contributed by atoms with Gasteiger partial charge in [-0.1, -0.05) is 41.4 Å². The van der Waals surface area contributed by atoms with Crippen LogP contribution in [0.1, 0.15) is 17.3 Å². The van der Waals surface area contributed by atoms with Crippen molar-refractivity contribution in [2.24, 2.45) is 0 Å². The molecule has 20 heavy (non-hydrogen) atoms. The topological polar surface area (TPSA) is 34.0 Å². The van der Waals surface area contributed by atoms with E-state index in [1.54, 1.807) is 25.3 Å². The molecule has 2 aromatic rings. The molecule has 104 valence electrons. The van der Waals surface area contributed by atoms with Crippen LogP contribution in [0.15, 0.2) is 59.4 Å². The number of aromatic nitrogens is 1. The van der Waals surface area contributed by atoms with E-state index < -0.39 is 0 Å². The van der Waals surface area contributed by atoms with Crippen molar-refractivity contribution in [3.8, 4) is 5.69 Å². The maximum absolute atomic E-state index is 12.0. The van der Waals surface area contributed by atoms with E-state index in [2.05, 4.69) is 5.32 Å². The van der Waals surface area contributed by atoms with Crippen LogP contribution in [-0.4, -0.2) is 16.5 Å². The normalized spacial score (nSPS) is 11.8. The van der Waals surface area contributed by atoms with Crippen molar-refractivity contribution in [2.75, 3.05) is 0 Å². The van der Waals surface area contributed by atoms with Gasteiger partial charge in [0.25, 0.3) is 5.91 Å². The van der Waals surface area contributed by atoms with Crippen LogP contribution in [0.2, 0.25) is 0 Å². The average Bonchev–Trinajstić information content (AvgIpc) is 2.88. The van der Waals surface area contributed by atoms with Gasteiger partial charge in [0.05, 0.1) is 5.56 Å². The van der Waals surface area contributed by atoms with Crippen LogP contribution in [0, 0.1) is 0 Å². The van der Waals surface area contributed by atoms with Gasteiger partial charge in [-0.15, -0.1) is 0 Å². The van der Waals surface area contributed by atoms with Gasteiger partial charge in [0.2, 0.25) is 0 Å². The molecule has 1 atom stereocenters. The second-order valence-corrected chi connectivity index (χ2v) is 5.37. The number of halogens is 2. The van der Waals surface area contributed by atoms with Gasteiger partial charge in [0.15, 0.2) is 0 Å². The number of nitrogens with one attached hydrogen (secondary N) is 1. The number of hydrogen-bond donors (Lipinski definition) is 1. The fourth-order valence-corrected chi connectivity index (χ4v) is 2.19. The Morgan fingerprint density at radius 1 is 1.25 bits per heavy atom. The first-order chi connectivity index (χ1) is 9.56. The van der Waals surface area contributed by atoms with Crippen LogP contribution in [0.3, 0.4) is 0 Å². The summed E-state index contributed by atoms with van der Waals surface area (Å²) in [6.45, 7) is 1.80. The number of rotatable bonds is 4. The Kier molecular flexibility index (Phi) is 4.88. The predicted octanol–water partition coefficient (Wildman–Crippen LogP) is 3.91. The molecule has 5 heteroatoms. The first-order valence-corrected chi connectivity index (χ1v) is 6.89. The molecule has 0 bridgehead atoms. The molecule has 1 aromatic carbocycles. The van der Waals surface area contributed by atoms with Gasteiger partial charge in [0.1, 0.15) is 4.49 Å². The van der Waals surface area contributed by atoms with Crippen LogP contribution in [0.5, 0.6) is 0 Å². The molecule has 1 heterocycles. The largest absolute Gasteiger partial charge is 0.346 e. The molecule has 0 fully saturated rings. The third-order valence-electron chi connectivity index (χ3n) is 2.74. The Balaban J connectivity index is 2.09. The Morgan fingerprint density at radius 2 is 1.95 bits per heavy atom. The third-order valence-corrected chi connectivity index (χ3v) is 3.00. The SMILES string of the molecule is CC(C=C(Cl)Cl)NC(=O)c1ccn(-c2ccccc2)c1. The first-order valence-electron chi connectivity index (χ1n) is 6.13. The number of benzene rings is 1. The summed E-state index contributed by atoms with van der Waals surface area (Å²) < 4.78 is 2.03. The fraction of sp³-hybridized carbons (Fsp3) is 0.133. The standard InChI is InChI=1S/C15H14Cl2N2O/c1-11(9-14(16)17)18-15(20)12-7-8-19(10-12)13-5-3-2-4-6-13/h2-11H,1H3,(H,18,20). The zero-order valence-corrected chi connectivity index (χ0v) is 12.4. The van der Waals surface area contributed by atoms with Crippen molar-refractivity contribution in [3.63, 3.8) is 0 Å². The number of para-hydroxylation sites is 1. The monoisotopic (exact) mass is 308 g/mol. The maximum Gasteiger partial charge on any atom is 0.253 e. The molecule has 0 saturated heterocycles. The highest BCUT2D eigenvalue weighted by molar-refractivity contribution is 6.55. The van der Waals surface area contributed by atoms with Crippen molar-refractivity contribution >= 4 is 29.1 Å². The van der Waals surface area contributed by atoms with Gasteiger partial charge in [-0.25, -0.2) is 0 Å². The van der Waals surface area contributed by atoms with E-state index in [0.717, 1.165) is 5.69 Å². The zero-order valence-electron chi connectivity index (χ0n) is 10.9. The lowest BCUT2D eigenvalue weighted by molar-refractivity contribution is 0.0947. The molecule has 0 aliphatic rings. The number of carbonyl (C=O) groups is 1. The van der Waals surface area contributed by atoms with Crippen molar-refractivity contribution in [1.29, 1.82) is 0 Å². The first kappa shape index (κ1) is 14.7. The highest BCUT2D eigenvalue weighted by atomic mass is 35.5. The fourth-order valence-electron chi connectivity index (χ4n) is 1.81. The Morgan fingerprint density at radius 3 is 2.60 bits per heavy atom.